The Kier molecular flexibility index (Phi) is 8.54. The van der Waals surface area contributed by atoms with Crippen molar-refractivity contribution in [1.82, 2.24) is 10.2 Å². The van der Waals surface area contributed by atoms with Gasteiger partial charge in [0.25, 0.3) is 5.91 Å². The molecule has 0 saturated carbocycles. The van der Waals surface area contributed by atoms with Gasteiger partial charge in [0.2, 0.25) is 5.91 Å². The first-order valence-electron chi connectivity index (χ1n) is 10.6. The fourth-order valence-electron chi connectivity index (χ4n) is 3.19. The van der Waals surface area contributed by atoms with Crippen molar-refractivity contribution >= 4 is 23.9 Å². The average molecular weight is 443 g/mol. The SMILES string of the molecule is CC(=O)N/C(=C\c1ccccc1)C(=O)OCC(=O)N(Cc1ccccc1)Cc1ccccc1. The maximum atomic E-state index is 13.0. The molecular formula is C27H26N2O4. The molecule has 2 amide bonds. The third-order valence-corrected chi connectivity index (χ3v) is 4.75. The first kappa shape index (κ1) is 23.5. The number of esters is 1. The number of hydrogen-bond acceptors (Lipinski definition) is 4. The summed E-state index contributed by atoms with van der Waals surface area (Å²) in [6.45, 7) is 1.62. The summed E-state index contributed by atoms with van der Waals surface area (Å²) in [7, 11) is 0. The highest BCUT2D eigenvalue weighted by Crippen LogP contribution is 2.12. The smallest absolute Gasteiger partial charge is 0.355 e. The van der Waals surface area contributed by atoms with Gasteiger partial charge in [-0.15, -0.1) is 0 Å². The van der Waals surface area contributed by atoms with E-state index in [9.17, 15) is 14.4 Å². The first-order chi connectivity index (χ1) is 16.0. The molecule has 0 spiro atoms. The van der Waals surface area contributed by atoms with Gasteiger partial charge >= 0.3 is 5.97 Å². The Morgan fingerprint density at radius 1 is 0.788 bits per heavy atom. The number of rotatable bonds is 9. The molecule has 0 aromatic heterocycles. The van der Waals surface area contributed by atoms with E-state index in [1.165, 1.54) is 13.0 Å². The van der Waals surface area contributed by atoms with E-state index in [2.05, 4.69) is 5.32 Å². The molecule has 1 N–H and O–H groups in total. The van der Waals surface area contributed by atoms with Gasteiger partial charge in [0.1, 0.15) is 5.70 Å². The molecule has 6 nitrogen and oxygen atoms in total. The van der Waals surface area contributed by atoms with E-state index >= 15 is 0 Å². The lowest BCUT2D eigenvalue weighted by atomic mass is 10.1. The van der Waals surface area contributed by atoms with Crippen LogP contribution in [0.5, 0.6) is 0 Å². The number of carbonyl (C=O) groups is 3. The molecule has 0 bridgehead atoms. The second-order valence-corrected chi connectivity index (χ2v) is 7.45. The van der Waals surface area contributed by atoms with Crippen LogP contribution in [0.2, 0.25) is 0 Å². The molecule has 168 valence electrons. The number of ether oxygens (including phenoxy) is 1. The summed E-state index contributed by atoms with van der Waals surface area (Å²) in [6.07, 6.45) is 1.51. The van der Waals surface area contributed by atoms with Crippen molar-refractivity contribution in [2.75, 3.05) is 6.61 Å². The van der Waals surface area contributed by atoms with E-state index in [0.29, 0.717) is 13.1 Å². The number of amides is 2. The number of benzene rings is 3. The fourth-order valence-corrected chi connectivity index (χ4v) is 3.19. The van der Waals surface area contributed by atoms with Gasteiger partial charge in [-0.1, -0.05) is 91.0 Å². The Morgan fingerprint density at radius 3 is 1.76 bits per heavy atom. The molecule has 0 heterocycles. The molecule has 3 rings (SSSR count). The van der Waals surface area contributed by atoms with Crippen molar-refractivity contribution in [2.45, 2.75) is 20.0 Å². The number of carbonyl (C=O) groups excluding carboxylic acids is 3. The quantitative estimate of drug-likeness (QED) is 0.402. The van der Waals surface area contributed by atoms with Crippen molar-refractivity contribution in [1.29, 1.82) is 0 Å². The van der Waals surface area contributed by atoms with Gasteiger partial charge in [0.15, 0.2) is 6.61 Å². The number of nitrogens with zero attached hydrogens (tertiary/aromatic N) is 1. The summed E-state index contributed by atoms with van der Waals surface area (Å²) >= 11 is 0. The summed E-state index contributed by atoms with van der Waals surface area (Å²) in [5.41, 5.74) is 2.63. The molecule has 3 aromatic carbocycles. The van der Waals surface area contributed by atoms with E-state index in [-0.39, 0.29) is 11.6 Å². The molecule has 0 atom stereocenters. The first-order valence-corrected chi connectivity index (χ1v) is 10.6. The van der Waals surface area contributed by atoms with Crippen molar-refractivity contribution in [3.05, 3.63) is 113 Å². The lowest BCUT2D eigenvalue weighted by Crippen LogP contribution is -2.35. The standard InChI is InChI=1S/C27H26N2O4/c1-21(30)28-25(17-22-11-5-2-6-12-22)27(32)33-20-26(31)29(18-23-13-7-3-8-14-23)19-24-15-9-4-10-16-24/h2-17H,18-20H2,1H3,(H,28,30)/b25-17-. The summed E-state index contributed by atoms with van der Waals surface area (Å²) in [6, 6.07) is 28.3. The van der Waals surface area contributed by atoms with Crippen molar-refractivity contribution < 1.29 is 19.1 Å². The Hall–Kier alpha value is -4.19. The monoisotopic (exact) mass is 442 g/mol. The fraction of sp³-hybridized carbons (Fsp3) is 0.148. The second kappa shape index (κ2) is 12.0. The van der Waals surface area contributed by atoms with Gasteiger partial charge < -0.3 is 15.0 Å². The Labute approximate surface area is 193 Å². The Balaban J connectivity index is 1.71. The molecule has 0 unspecified atom stereocenters. The lowest BCUT2D eigenvalue weighted by molar-refractivity contribution is -0.150. The minimum absolute atomic E-state index is 0.0285. The molecule has 33 heavy (non-hydrogen) atoms. The zero-order valence-electron chi connectivity index (χ0n) is 18.4. The Bertz CT molecular complexity index is 1060. The third kappa shape index (κ3) is 7.78. The predicted octanol–water partition coefficient (Wildman–Crippen LogP) is 3.94. The van der Waals surface area contributed by atoms with Gasteiger partial charge in [-0.3, -0.25) is 9.59 Å². The second-order valence-electron chi connectivity index (χ2n) is 7.45. The zero-order chi connectivity index (χ0) is 23.5. The van der Waals surface area contributed by atoms with Crippen LogP contribution in [-0.2, 0) is 32.2 Å². The molecule has 3 aromatic rings. The van der Waals surface area contributed by atoms with Crippen LogP contribution in [0.1, 0.15) is 23.6 Å². The van der Waals surface area contributed by atoms with E-state index in [4.69, 9.17) is 4.74 Å². The highest BCUT2D eigenvalue weighted by Gasteiger charge is 2.19. The van der Waals surface area contributed by atoms with Crippen LogP contribution < -0.4 is 5.32 Å². The number of hydrogen-bond donors (Lipinski definition) is 1. The van der Waals surface area contributed by atoms with E-state index < -0.39 is 18.5 Å². The van der Waals surface area contributed by atoms with Gasteiger partial charge in [-0.25, -0.2) is 4.79 Å². The highest BCUT2D eigenvalue weighted by molar-refractivity contribution is 5.98. The molecule has 0 radical (unpaired) electrons. The maximum Gasteiger partial charge on any atom is 0.355 e. The third-order valence-electron chi connectivity index (χ3n) is 4.75. The van der Waals surface area contributed by atoms with Crippen LogP contribution in [-0.4, -0.2) is 29.3 Å². The molecule has 0 aliphatic rings. The topological polar surface area (TPSA) is 75.7 Å². The predicted molar refractivity (Wildman–Crippen MR) is 126 cm³/mol. The van der Waals surface area contributed by atoms with E-state index in [0.717, 1.165) is 16.7 Å². The largest absolute Gasteiger partial charge is 0.451 e. The molecule has 6 heteroatoms. The van der Waals surface area contributed by atoms with Crippen LogP contribution in [0.3, 0.4) is 0 Å². The highest BCUT2D eigenvalue weighted by atomic mass is 16.5. The van der Waals surface area contributed by atoms with Crippen molar-refractivity contribution in [3.63, 3.8) is 0 Å². The maximum absolute atomic E-state index is 13.0. The zero-order valence-corrected chi connectivity index (χ0v) is 18.4. The summed E-state index contributed by atoms with van der Waals surface area (Å²) in [4.78, 5) is 38.9. The van der Waals surface area contributed by atoms with Crippen LogP contribution in [0.25, 0.3) is 6.08 Å². The molecule has 0 aliphatic carbocycles. The van der Waals surface area contributed by atoms with Crippen LogP contribution >= 0.6 is 0 Å². The average Bonchev–Trinajstić information content (AvgIpc) is 2.83. The normalized spacial score (nSPS) is 10.9. The van der Waals surface area contributed by atoms with Crippen LogP contribution in [0.15, 0.2) is 96.7 Å². The van der Waals surface area contributed by atoms with Gasteiger partial charge in [0, 0.05) is 20.0 Å². The summed E-state index contributed by atoms with van der Waals surface area (Å²) < 4.78 is 5.28. The van der Waals surface area contributed by atoms with Crippen molar-refractivity contribution in [3.8, 4) is 0 Å². The minimum Gasteiger partial charge on any atom is -0.451 e. The van der Waals surface area contributed by atoms with Crippen LogP contribution in [0.4, 0.5) is 0 Å². The Morgan fingerprint density at radius 2 is 1.27 bits per heavy atom. The molecule has 0 aliphatic heterocycles. The molecular weight excluding hydrogens is 416 g/mol. The van der Waals surface area contributed by atoms with Crippen LogP contribution in [0, 0.1) is 0 Å². The van der Waals surface area contributed by atoms with Gasteiger partial charge in [-0.2, -0.15) is 0 Å². The van der Waals surface area contributed by atoms with Gasteiger partial charge in [-0.05, 0) is 22.8 Å². The lowest BCUT2D eigenvalue weighted by Gasteiger charge is -2.23. The molecule has 0 fully saturated rings. The van der Waals surface area contributed by atoms with E-state index in [1.807, 2.05) is 78.9 Å². The summed E-state index contributed by atoms with van der Waals surface area (Å²) in [5, 5.41) is 2.48. The number of nitrogens with one attached hydrogen (secondary N) is 1. The molecule has 0 saturated heterocycles. The van der Waals surface area contributed by atoms with Crippen molar-refractivity contribution in [2.24, 2.45) is 0 Å². The minimum atomic E-state index is -0.776. The summed E-state index contributed by atoms with van der Waals surface area (Å²) in [5.74, 6) is -1.52. The van der Waals surface area contributed by atoms with E-state index in [1.54, 1.807) is 17.0 Å². The van der Waals surface area contributed by atoms with Gasteiger partial charge in [0.05, 0.1) is 0 Å².